The minimum absolute atomic E-state index is 0.0109. The van der Waals surface area contributed by atoms with Crippen molar-refractivity contribution in [1.29, 1.82) is 5.26 Å². The van der Waals surface area contributed by atoms with Crippen LogP contribution in [0, 0.1) is 17.1 Å². The molecule has 40 heavy (non-hydrogen) atoms. The Balaban J connectivity index is 1.60. The van der Waals surface area contributed by atoms with Crippen molar-refractivity contribution in [3.63, 3.8) is 0 Å². The maximum atomic E-state index is 13.2. The highest BCUT2D eigenvalue weighted by molar-refractivity contribution is 5.92. The van der Waals surface area contributed by atoms with Crippen molar-refractivity contribution in [2.75, 3.05) is 33.3 Å². The number of piperidine rings is 1. The Morgan fingerprint density at radius 3 is 2.50 bits per heavy atom. The van der Waals surface area contributed by atoms with Gasteiger partial charge in [-0.05, 0) is 82.2 Å². The zero-order chi connectivity index (χ0) is 29.1. The molecule has 1 fully saturated rings. The van der Waals surface area contributed by atoms with Gasteiger partial charge in [0.1, 0.15) is 29.0 Å². The van der Waals surface area contributed by atoms with Gasteiger partial charge < -0.3 is 29.7 Å². The number of alkyl carbamates (subject to hydrolysis) is 1. The number of nitrogens with zero attached hydrogens (tertiary/aromatic N) is 2. The second-order valence-electron chi connectivity index (χ2n) is 10.6. The zero-order valence-corrected chi connectivity index (χ0v) is 23.4. The number of likely N-dealkylation sites (tertiary alicyclic amines) is 1. The van der Waals surface area contributed by atoms with Gasteiger partial charge in [-0.3, -0.25) is 4.79 Å². The lowest BCUT2D eigenvalue weighted by Gasteiger charge is -2.34. The molecule has 0 aromatic heterocycles. The van der Waals surface area contributed by atoms with Crippen molar-refractivity contribution in [2.24, 2.45) is 0 Å². The number of carbonyl (C=O) groups is 2. The van der Waals surface area contributed by atoms with Gasteiger partial charge >= 0.3 is 6.09 Å². The monoisotopic (exact) mass is 552 g/mol. The van der Waals surface area contributed by atoms with Crippen molar-refractivity contribution in [3.05, 3.63) is 65.5 Å². The largest absolute Gasteiger partial charge is 0.496 e. The van der Waals surface area contributed by atoms with Gasteiger partial charge in [0.05, 0.1) is 24.8 Å². The molecule has 0 bridgehead atoms. The van der Waals surface area contributed by atoms with E-state index in [-0.39, 0.29) is 24.4 Å². The van der Waals surface area contributed by atoms with E-state index in [4.69, 9.17) is 14.2 Å². The summed E-state index contributed by atoms with van der Waals surface area (Å²) >= 11 is 0. The predicted octanol–water partition coefficient (Wildman–Crippen LogP) is 4.27. The summed E-state index contributed by atoms with van der Waals surface area (Å²) in [6, 6.07) is 12.6. The van der Waals surface area contributed by atoms with Crippen LogP contribution in [0.2, 0.25) is 0 Å². The van der Waals surface area contributed by atoms with Crippen molar-refractivity contribution < 1.29 is 28.2 Å². The van der Waals surface area contributed by atoms with Gasteiger partial charge in [-0.1, -0.05) is 0 Å². The van der Waals surface area contributed by atoms with Crippen molar-refractivity contribution in [2.45, 2.75) is 51.4 Å². The molecule has 1 aliphatic rings. The molecule has 9 nitrogen and oxygen atoms in total. The molecule has 2 amide bonds. The molecule has 2 N–H and O–H groups in total. The Kier molecular flexibility index (Phi) is 10.9. The second-order valence-corrected chi connectivity index (χ2v) is 10.6. The summed E-state index contributed by atoms with van der Waals surface area (Å²) in [5.41, 5.74) is 0.407. The van der Waals surface area contributed by atoms with Crippen LogP contribution >= 0.6 is 0 Å². The van der Waals surface area contributed by atoms with E-state index in [0.717, 1.165) is 25.9 Å². The fourth-order valence-corrected chi connectivity index (χ4v) is 4.26. The summed E-state index contributed by atoms with van der Waals surface area (Å²) in [4.78, 5) is 27.3. The van der Waals surface area contributed by atoms with Gasteiger partial charge in [0.25, 0.3) is 0 Å². The lowest BCUT2D eigenvalue weighted by Crippen LogP contribution is -2.52. The maximum Gasteiger partial charge on any atom is 0.407 e. The molecule has 3 rings (SSSR count). The molecule has 10 heteroatoms. The van der Waals surface area contributed by atoms with Crippen LogP contribution in [0.1, 0.15) is 44.7 Å². The van der Waals surface area contributed by atoms with E-state index in [1.165, 1.54) is 25.3 Å². The molecule has 0 radical (unpaired) electrons. The molecule has 0 spiro atoms. The standard InChI is InChI=1S/C30H37FN4O5/c1-30(2,3)40-29(37)33-19-24(34-28(36)12-6-22-17-21(18-32)5-11-27(22)38-4)20-35-15-13-26(14-16-35)39-25-9-7-23(31)8-10-25/h5-12,17,24,26H,13-16,19-20H2,1-4H3,(H,33,37)(H,34,36). The molecule has 1 atom stereocenters. The van der Waals surface area contributed by atoms with Gasteiger partial charge in [0, 0.05) is 37.8 Å². The quantitative estimate of drug-likeness (QED) is 0.423. The first kappa shape index (κ1) is 30.4. The Hall–Kier alpha value is -4.10. The van der Waals surface area contributed by atoms with Gasteiger partial charge in [-0.15, -0.1) is 0 Å². The second kappa shape index (κ2) is 14.3. The molecular formula is C30H37FN4O5. The number of rotatable bonds is 10. The fraction of sp³-hybridized carbons (Fsp3) is 0.433. The number of carbonyl (C=O) groups excluding carboxylic acids is 2. The minimum Gasteiger partial charge on any atom is -0.496 e. The average Bonchev–Trinajstić information content (AvgIpc) is 2.91. The minimum atomic E-state index is -0.644. The van der Waals surface area contributed by atoms with Crippen LogP contribution in [-0.2, 0) is 9.53 Å². The third-order valence-corrected chi connectivity index (χ3v) is 6.14. The average molecular weight is 553 g/mol. The molecule has 1 aliphatic heterocycles. The lowest BCUT2D eigenvalue weighted by atomic mass is 10.1. The molecule has 0 aliphatic carbocycles. The maximum absolute atomic E-state index is 13.2. The smallest absolute Gasteiger partial charge is 0.407 e. The van der Waals surface area contributed by atoms with Crippen LogP contribution in [-0.4, -0.2) is 67.9 Å². The van der Waals surface area contributed by atoms with E-state index in [0.29, 0.717) is 29.2 Å². The highest BCUT2D eigenvalue weighted by Crippen LogP contribution is 2.22. The van der Waals surface area contributed by atoms with Crippen molar-refractivity contribution >= 4 is 18.1 Å². The number of ether oxygens (including phenoxy) is 3. The van der Waals surface area contributed by atoms with E-state index in [2.05, 4.69) is 21.6 Å². The molecule has 1 saturated heterocycles. The van der Waals surface area contributed by atoms with Gasteiger partial charge in [-0.2, -0.15) is 5.26 Å². The Morgan fingerprint density at radius 1 is 1.18 bits per heavy atom. The highest BCUT2D eigenvalue weighted by Gasteiger charge is 2.24. The van der Waals surface area contributed by atoms with Crippen LogP contribution in [0.15, 0.2) is 48.5 Å². The van der Waals surface area contributed by atoms with Crippen LogP contribution in [0.4, 0.5) is 9.18 Å². The van der Waals surface area contributed by atoms with Crippen molar-refractivity contribution in [1.82, 2.24) is 15.5 Å². The number of halogens is 1. The summed E-state index contributed by atoms with van der Waals surface area (Å²) in [5.74, 6) is 0.516. The zero-order valence-electron chi connectivity index (χ0n) is 23.4. The number of benzene rings is 2. The predicted molar refractivity (Wildman–Crippen MR) is 149 cm³/mol. The topological polar surface area (TPSA) is 113 Å². The summed E-state index contributed by atoms with van der Waals surface area (Å²) in [6.45, 7) is 7.50. The molecule has 1 heterocycles. The Labute approximate surface area is 234 Å². The van der Waals surface area contributed by atoms with Crippen LogP contribution in [0.5, 0.6) is 11.5 Å². The summed E-state index contributed by atoms with van der Waals surface area (Å²) in [5, 5.41) is 14.9. The van der Waals surface area contributed by atoms with E-state index in [1.54, 1.807) is 57.2 Å². The normalized spacial score (nSPS) is 15.2. The number of hydrogen-bond acceptors (Lipinski definition) is 7. The van der Waals surface area contributed by atoms with E-state index < -0.39 is 17.7 Å². The fourth-order valence-electron chi connectivity index (χ4n) is 4.26. The van der Waals surface area contributed by atoms with Crippen molar-refractivity contribution in [3.8, 4) is 17.6 Å². The molecule has 2 aromatic rings. The third kappa shape index (κ3) is 10.2. The van der Waals surface area contributed by atoms with E-state index in [1.807, 2.05) is 0 Å². The number of nitrogens with one attached hydrogen (secondary N) is 2. The van der Waals surface area contributed by atoms with Gasteiger partial charge in [0.2, 0.25) is 5.91 Å². The first-order valence-corrected chi connectivity index (χ1v) is 13.2. The summed E-state index contributed by atoms with van der Waals surface area (Å²) < 4.78 is 29.8. The molecular weight excluding hydrogens is 515 g/mol. The van der Waals surface area contributed by atoms with Gasteiger partial charge in [0.15, 0.2) is 0 Å². The number of amides is 2. The Bertz CT molecular complexity index is 1210. The number of hydrogen-bond donors (Lipinski definition) is 2. The van der Waals surface area contributed by atoms with E-state index >= 15 is 0 Å². The number of methoxy groups -OCH3 is 1. The molecule has 0 saturated carbocycles. The van der Waals surface area contributed by atoms with Gasteiger partial charge in [-0.25, -0.2) is 9.18 Å². The van der Waals surface area contributed by atoms with Crippen LogP contribution in [0.25, 0.3) is 6.08 Å². The first-order valence-electron chi connectivity index (χ1n) is 13.2. The lowest BCUT2D eigenvalue weighted by molar-refractivity contribution is -0.117. The molecule has 2 aromatic carbocycles. The Morgan fingerprint density at radius 2 is 1.88 bits per heavy atom. The summed E-state index contributed by atoms with van der Waals surface area (Å²) in [7, 11) is 1.52. The van der Waals surface area contributed by atoms with E-state index in [9.17, 15) is 19.2 Å². The third-order valence-electron chi connectivity index (χ3n) is 6.14. The molecule has 214 valence electrons. The van der Waals surface area contributed by atoms with Crippen LogP contribution < -0.4 is 20.1 Å². The first-order chi connectivity index (χ1) is 19.0. The number of nitriles is 1. The SMILES string of the molecule is COc1ccc(C#N)cc1C=CC(=O)NC(CNC(=O)OC(C)(C)C)CN1CCC(Oc2ccc(F)cc2)CC1. The molecule has 1 unspecified atom stereocenters. The summed E-state index contributed by atoms with van der Waals surface area (Å²) in [6.07, 6.45) is 3.95. The van der Waals surface area contributed by atoms with Crippen LogP contribution in [0.3, 0.4) is 0 Å². The highest BCUT2D eigenvalue weighted by atomic mass is 19.1.